The summed E-state index contributed by atoms with van der Waals surface area (Å²) >= 11 is 1.54. The van der Waals surface area contributed by atoms with Crippen molar-refractivity contribution in [2.45, 2.75) is 11.0 Å². The second-order valence-electron chi connectivity index (χ2n) is 6.29. The predicted molar refractivity (Wildman–Crippen MR) is 108 cm³/mol. The first-order valence-electron chi connectivity index (χ1n) is 8.78. The van der Waals surface area contributed by atoms with Gasteiger partial charge in [0.2, 0.25) is 0 Å². The minimum absolute atomic E-state index is 0.250. The van der Waals surface area contributed by atoms with Gasteiger partial charge in [-0.25, -0.2) is 4.79 Å². The molecule has 2 aliphatic rings. The molecule has 6 nitrogen and oxygen atoms in total. The Morgan fingerprint density at radius 2 is 1.86 bits per heavy atom. The van der Waals surface area contributed by atoms with Crippen molar-refractivity contribution in [3.63, 3.8) is 0 Å². The van der Waals surface area contributed by atoms with Crippen molar-refractivity contribution in [1.82, 2.24) is 0 Å². The number of aliphatic hydroxyl groups is 2. The normalized spacial score (nSPS) is 19.7. The number of fused-ring (bicyclic) bond motifs is 1. The Balaban J connectivity index is 1.67. The van der Waals surface area contributed by atoms with Gasteiger partial charge in [-0.15, -0.1) is 0 Å². The van der Waals surface area contributed by atoms with Gasteiger partial charge in [0.15, 0.2) is 0 Å². The van der Waals surface area contributed by atoms with Crippen LogP contribution < -0.4 is 4.90 Å². The Labute approximate surface area is 166 Å². The number of carbonyl (C=O) groups excluding carboxylic acids is 1. The fourth-order valence-corrected chi connectivity index (χ4v) is 4.10. The Hall–Kier alpha value is -2.87. The number of nitrogens with zero attached hydrogens (tertiary/aromatic N) is 2. The maximum Gasteiger partial charge on any atom is 0.368 e. The molecule has 142 valence electrons. The van der Waals surface area contributed by atoms with Crippen molar-refractivity contribution in [3.8, 4) is 0 Å². The van der Waals surface area contributed by atoms with Crippen molar-refractivity contribution in [3.05, 3.63) is 82.9 Å². The third-order valence-corrected chi connectivity index (χ3v) is 5.51. The lowest BCUT2D eigenvalue weighted by Crippen LogP contribution is -2.31. The summed E-state index contributed by atoms with van der Waals surface area (Å²) in [5.74, 6) is -0.502. The molecule has 2 aliphatic heterocycles. The van der Waals surface area contributed by atoms with E-state index in [9.17, 15) is 15.0 Å². The quantitative estimate of drug-likeness (QED) is 0.599. The largest absolute Gasteiger partial charge is 0.394 e. The van der Waals surface area contributed by atoms with Crippen LogP contribution >= 0.6 is 11.8 Å². The lowest BCUT2D eigenvalue weighted by Gasteiger charge is -2.22. The van der Waals surface area contributed by atoms with Crippen LogP contribution in [0.25, 0.3) is 0 Å². The molecular formula is C21H18N2O4S. The van der Waals surface area contributed by atoms with E-state index in [1.54, 1.807) is 6.08 Å². The summed E-state index contributed by atoms with van der Waals surface area (Å²) in [6.45, 7) is -0.0750. The molecule has 0 saturated carbocycles. The highest BCUT2D eigenvalue weighted by atomic mass is 32.2. The molecular weight excluding hydrogens is 376 g/mol. The van der Waals surface area contributed by atoms with Crippen LogP contribution in [0.2, 0.25) is 0 Å². The molecule has 28 heavy (non-hydrogen) atoms. The van der Waals surface area contributed by atoms with Crippen molar-refractivity contribution in [1.29, 1.82) is 0 Å². The van der Waals surface area contributed by atoms with Crippen LogP contribution in [-0.2, 0) is 9.63 Å². The minimum Gasteiger partial charge on any atom is -0.394 e. The lowest BCUT2D eigenvalue weighted by atomic mass is 10.0. The number of anilines is 1. The van der Waals surface area contributed by atoms with Gasteiger partial charge in [-0.3, -0.25) is 0 Å². The second-order valence-corrected chi connectivity index (χ2v) is 7.35. The zero-order chi connectivity index (χ0) is 19.5. The van der Waals surface area contributed by atoms with Gasteiger partial charge in [-0.05, 0) is 24.3 Å². The summed E-state index contributed by atoms with van der Waals surface area (Å²) in [7, 11) is 0. The van der Waals surface area contributed by atoms with Gasteiger partial charge in [0.1, 0.15) is 5.71 Å². The number of carbonyl (C=O) groups is 1. The number of aliphatic hydroxyl groups excluding tert-OH is 2. The Bertz CT molecular complexity index is 985. The van der Waals surface area contributed by atoms with E-state index in [1.807, 2.05) is 65.6 Å². The molecule has 2 N–H and O–H groups in total. The summed E-state index contributed by atoms with van der Waals surface area (Å²) in [5, 5.41) is 23.9. The van der Waals surface area contributed by atoms with Gasteiger partial charge in [0.05, 0.1) is 35.5 Å². The molecule has 0 aromatic heterocycles. The third-order valence-electron chi connectivity index (χ3n) is 4.38. The number of hydrogen-bond acceptors (Lipinski definition) is 7. The lowest BCUT2D eigenvalue weighted by molar-refractivity contribution is -0.136. The molecule has 0 bridgehead atoms. The number of para-hydroxylation sites is 1. The molecule has 7 heteroatoms. The van der Waals surface area contributed by atoms with Gasteiger partial charge in [0, 0.05) is 10.5 Å². The minimum atomic E-state index is -0.874. The Morgan fingerprint density at radius 1 is 1.11 bits per heavy atom. The van der Waals surface area contributed by atoms with E-state index in [2.05, 4.69) is 5.16 Å². The van der Waals surface area contributed by atoms with Crippen LogP contribution in [-0.4, -0.2) is 41.1 Å². The zero-order valence-corrected chi connectivity index (χ0v) is 15.7. The Kier molecular flexibility index (Phi) is 5.29. The fraction of sp³-hybridized carbons (Fsp3) is 0.143. The number of β-amino-alcohol motifs (C(OH)–C–C–N with tert-alkyl or cyclic N) is 1. The molecule has 2 heterocycles. The molecule has 1 unspecified atom stereocenters. The molecule has 1 atom stereocenters. The Morgan fingerprint density at radius 3 is 2.64 bits per heavy atom. The number of thioether (sulfide) groups is 1. The molecule has 2 aromatic carbocycles. The van der Waals surface area contributed by atoms with Crippen molar-refractivity contribution < 1.29 is 19.8 Å². The van der Waals surface area contributed by atoms with Crippen LogP contribution in [0.5, 0.6) is 0 Å². The topological polar surface area (TPSA) is 82.4 Å². The van der Waals surface area contributed by atoms with Crippen LogP contribution in [0.15, 0.2) is 87.4 Å². The van der Waals surface area contributed by atoms with Gasteiger partial charge in [-0.2, -0.15) is 0 Å². The maximum absolute atomic E-state index is 12.2. The highest BCUT2D eigenvalue weighted by Gasteiger charge is 2.28. The highest BCUT2D eigenvalue weighted by molar-refractivity contribution is 8.03. The molecule has 0 fully saturated rings. The molecule has 0 saturated heterocycles. The summed E-state index contributed by atoms with van der Waals surface area (Å²) in [4.78, 5) is 20.0. The third kappa shape index (κ3) is 3.60. The number of oxime groups is 1. The summed E-state index contributed by atoms with van der Waals surface area (Å²) in [6, 6.07) is 17.2. The van der Waals surface area contributed by atoms with Crippen molar-refractivity contribution in [2.24, 2.45) is 5.16 Å². The van der Waals surface area contributed by atoms with Crippen LogP contribution in [0.4, 0.5) is 5.69 Å². The fourth-order valence-electron chi connectivity index (χ4n) is 3.02. The van der Waals surface area contributed by atoms with E-state index in [4.69, 9.17) is 4.84 Å². The van der Waals surface area contributed by atoms with Crippen LogP contribution in [0.1, 0.15) is 5.56 Å². The first-order chi connectivity index (χ1) is 13.7. The molecule has 0 spiro atoms. The molecule has 4 rings (SSSR count). The van der Waals surface area contributed by atoms with Crippen LogP contribution in [0.3, 0.4) is 0 Å². The van der Waals surface area contributed by atoms with Gasteiger partial charge >= 0.3 is 5.97 Å². The summed E-state index contributed by atoms with van der Waals surface area (Å²) in [5.41, 5.74) is 2.62. The van der Waals surface area contributed by atoms with Gasteiger partial charge in [0.25, 0.3) is 0 Å². The van der Waals surface area contributed by atoms with Crippen LogP contribution in [0, 0.1) is 0 Å². The number of allylic oxidation sites excluding steroid dienone is 2. The molecule has 2 aromatic rings. The predicted octanol–water partition coefficient (Wildman–Crippen LogP) is 2.68. The van der Waals surface area contributed by atoms with E-state index in [1.165, 1.54) is 11.8 Å². The number of benzene rings is 2. The maximum atomic E-state index is 12.2. The monoisotopic (exact) mass is 394 g/mol. The van der Waals surface area contributed by atoms with E-state index in [0.717, 1.165) is 21.2 Å². The zero-order valence-electron chi connectivity index (χ0n) is 14.9. The molecule has 0 amide bonds. The van der Waals surface area contributed by atoms with E-state index < -0.39 is 12.1 Å². The van der Waals surface area contributed by atoms with E-state index in [0.29, 0.717) is 11.3 Å². The van der Waals surface area contributed by atoms with Crippen molar-refractivity contribution in [2.75, 3.05) is 18.1 Å². The van der Waals surface area contributed by atoms with Gasteiger partial charge in [-0.1, -0.05) is 59.4 Å². The SMILES string of the molecule is O=C1ON=C(c2ccccc2)/C1=C\C=C1\Sc2ccccc2N1CC(O)CO. The summed E-state index contributed by atoms with van der Waals surface area (Å²) in [6.07, 6.45) is 2.63. The second kappa shape index (κ2) is 8.02. The molecule has 0 aliphatic carbocycles. The first-order valence-corrected chi connectivity index (χ1v) is 9.59. The smallest absolute Gasteiger partial charge is 0.368 e. The summed E-state index contributed by atoms with van der Waals surface area (Å²) < 4.78 is 0. The van der Waals surface area contributed by atoms with E-state index >= 15 is 0 Å². The van der Waals surface area contributed by atoms with Gasteiger partial charge < -0.3 is 20.0 Å². The average Bonchev–Trinajstić information content (AvgIpc) is 3.27. The highest BCUT2D eigenvalue weighted by Crippen LogP contribution is 2.45. The number of rotatable bonds is 5. The average molecular weight is 394 g/mol. The van der Waals surface area contributed by atoms with E-state index in [-0.39, 0.29) is 13.2 Å². The first kappa shape index (κ1) is 18.5. The number of hydrogen-bond donors (Lipinski definition) is 2. The standard InChI is InChI=1S/C21H18N2O4S/c24-13-15(25)12-23-17-8-4-5-9-18(17)28-19(23)11-10-16-20(22-27-21(16)26)14-6-2-1-3-7-14/h1-11,15,24-25H,12-13H2/b16-10+,19-11+. The molecule has 0 radical (unpaired) electrons. The van der Waals surface area contributed by atoms with Crippen molar-refractivity contribution >= 4 is 29.1 Å².